The SMILES string of the molecule is CCc1cc(CC)n(CC(C)/C(N)=N/O)n1. The lowest BCUT2D eigenvalue weighted by molar-refractivity contribution is 0.312. The van der Waals surface area contributed by atoms with Gasteiger partial charge in [-0.05, 0) is 18.9 Å². The van der Waals surface area contributed by atoms with E-state index in [1.807, 2.05) is 11.6 Å². The normalized spacial score (nSPS) is 14.1. The second-order valence-corrected chi connectivity index (χ2v) is 3.94. The number of aromatic nitrogens is 2. The van der Waals surface area contributed by atoms with Gasteiger partial charge in [-0.1, -0.05) is 25.9 Å². The molecule has 0 aliphatic rings. The molecule has 1 aromatic rings. The maximum Gasteiger partial charge on any atom is 0.143 e. The van der Waals surface area contributed by atoms with Crippen LogP contribution in [0.2, 0.25) is 0 Å². The molecule has 1 rings (SSSR count). The number of nitrogens with two attached hydrogens (primary N) is 1. The Morgan fingerprint density at radius 1 is 1.56 bits per heavy atom. The summed E-state index contributed by atoms with van der Waals surface area (Å²) in [5.41, 5.74) is 7.83. The number of amidine groups is 1. The van der Waals surface area contributed by atoms with Crippen LogP contribution < -0.4 is 5.73 Å². The third-order valence-corrected chi connectivity index (χ3v) is 2.71. The largest absolute Gasteiger partial charge is 0.409 e. The lowest BCUT2D eigenvalue weighted by atomic mass is 10.1. The molecule has 16 heavy (non-hydrogen) atoms. The van der Waals surface area contributed by atoms with Crippen molar-refractivity contribution >= 4 is 5.84 Å². The van der Waals surface area contributed by atoms with Crippen LogP contribution in [0.15, 0.2) is 11.2 Å². The minimum Gasteiger partial charge on any atom is -0.409 e. The van der Waals surface area contributed by atoms with Gasteiger partial charge in [0.05, 0.1) is 12.2 Å². The van der Waals surface area contributed by atoms with Crippen molar-refractivity contribution in [2.75, 3.05) is 0 Å². The van der Waals surface area contributed by atoms with Gasteiger partial charge in [0.1, 0.15) is 5.84 Å². The van der Waals surface area contributed by atoms with Gasteiger partial charge in [-0.2, -0.15) is 5.10 Å². The Hall–Kier alpha value is -1.52. The van der Waals surface area contributed by atoms with Gasteiger partial charge in [-0.25, -0.2) is 0 Å². The monoisotopic (exact) mass is 224 g/mol. The Balaban J connectivity index is 2.83. The molecule has 3 N–H and O–H groups in total. The van der Waals surface area contributed by atoms with Crippen molar-refractivity contribution in [3.63, 3.8) is 0 Å². The zero-order valence-corrected chi connectivity index (χ0v) is 10.1. The van der Waals surface area contributed by atoms with Gasteiger partial charge in [0.25, 0.3) is 0 Å². The first-order valence-electron chi connectivity index (χ1n) is 5.65. The molecule has 0 fully saturated rings. The fourth-order valence-electron chi connectivity index (χ4n) is 1.58. The van der Waals surface area contributed by atoms with Crippen molar-refractivity contribution in [2.45, 2.75) is 40.2 Å². The predicted octanol–water partition coefficient (Wildman–Crippen LogP) is 1.39. The lowest BCUT2D eigenvalue weighted by Gasteiger charge is -2.11. The van der Waals surface area contributed by atoms with Gasteiger partial charge in [-0.15, -0.1) is 0 Å². The van der Waals surface area contributed by atoms with E-state index < -0.39 is 0 Å². The van der Waals surface area contributed by atoms with Crippen LogP contribution in [0.25, 0.3) is 0 Å². The molecule has 5 heteroatoms. The summed E-state index contributed by atoms with van der Waals surface area (Å²) in [5.74, 6) is 0.232. The summed E-state index contributed by atoms with van der Waals surface area (Å²) in [7, 11) is 0. The highest BCUT2D eigenvalue weighted by molar-refractivity contribution is 5.81. The summed E-state index contributed by atoms with van der Waals surface area (Å²) in [4.78, 5) is 0. The Kier molecular flexibility index (Phi) is 4.34. The van der Waals surface area contributed by atoms with E-state index in [1.165, 1.54) is 5.69 Å². The van der Waals surface area contributed by atoms with Crippen LogP contribution in [0.4, 0.5) is 0 Å². The molecule has 1 heterocycles. The summed E-state index contributed by atoms with van der Waals surface area (Å²) < 4.78 is 1.95. The average Bonchev–Trinajstić information content (AvgIpc) is 2.70. The summed E-state index contributed by atoms with van der Waals surface area (Å²) >= 11 is 0. The summed E-state index contributed by atoms with van der Waals surface area (Å²) in [5, 5.41) is 16.1. The van der Waals surface area contributed by atoms with Gasteiger partial charge in [-0.3, -0.25) is 4.68 Å². The van der Waals surface area contributed by atoms with Crippen molar-refractivity contribution < 1.29 is 5.21 Å². The number of hydrogen-bond donors (Lipinski definition) is 2. The summed E-state index contributed by atoms with van der Waals surface area (Å²) in [6.45, 7) is 6.75. The third-order valence-electron chi connectivity index (χ3n) is 2.71. The van der Waals surface area contributed by atoms with Gasteiger partial charge >= 0.3 is 0 Å². The number of rotatable bonds is 5. The molecule has 0 radical (unpaired) electrons. The summed E-state index contributed by atoms with van der Waals surface area (Å²) in [6, 6.07) is 2.11. The van der Waals surface area contributed by atoms with Crippen LogP contribution in [0.1, 0.15) is 32.2 Å². The van der Waals surface area contributed by atoms with Crippen LogP contribution in [0.3, 0.4) is 0 Å². The minimum absolute atomic E-state index is 0.0140. The quantitative estimate of drug-likeness (QED) is 0.343. The highest BCUT2D eigenvalue weighted by Gasteiger charge is 2.12. The molecule has 90 valence electrons. The first kappa shape index (κ1) is 12.5. The van der Waals surface area contributed by atoms with Gasteiger partial charge < -0.3 is 10.9 Å². The zero-order valence-electron chi connectivity index (χ0n) is 10.1. The van der Waals surface area contributed by atoms with Crippen LogP contribution in [-0.4, -0.2) is 20.8 Å². The Bertz CT molecular complexity index is 370. The second-order valence-electron chi connectivity index (χ2n) is 3.94. The second kappa shape index (κ2) is 5.53. The Morgan fingerprint density at radius 3 is 2.75 bits per heavy atom. The number of hydrogen-bond acceptors (Lipinski definition) is 3. The van der Waals surface area contributed by atoms with Crippen molar-refractivity contribution in [2.24, 2.45) is 16.8 Å². The lowest BCUT2D eigenvalue weighted by Crippen LogP contribution is -2.26. The van der Waals surface area contributed by atoms with Crippen molar-refractivity contribution in [1.82, 2.24) is 9.78 Å². The molecule has 0 aliphatic carbocycles. The van der Waals surface area contributed by atoms with E-state index >= 15 is 0 Å². The fourth-order valence-corrected chi connectivity index (χ4v) is 1.58. The molecule has 0 aliphatic heterocycles. The van der Waals surface area contributed by atoms with E-state index in [0.29, 0.717) is 6.54 Å². The molecule has 0 saturated carbocycles. The maximum atomic E-state index is 8.59. The summed E-state index contributed by atoms with van der Waals surface area (Å²) in [6.07, 6.45) is 1.87. The van der Waals surface area contributed by atoms with E-state index in [1.54, 1.807) is 0 Å². The van der Waals surface area contributed by atoms with Crippen molar-refractivity contribution in [3.8, 4) is 0 Å². The number of aryl methyl sites for hydroxylation is 2. The Morgan fingerprint density at radius 2 is 2.25 bits per heavy atom. The molecule has 0 amide bonds. The molecular formula is C11H20N4O. The molecule has 1 aromatic heterocycles. The molecule has 1 atom stereocenters. The molecule has 0 bridgehead atoms. The predicted molar refractivity (Wildman–Crippen MR) is 63.6 cm³/mol. The molecule has 0 aromatic carbocycles. The smallest absolute Gasteiger partial charge is 0.143 e. The first-order valence-corrected chi connectivity index (χ1v) is 5.65. The molecular weight excluding hydrogens is 204 g/mol. The highest BCUT2D eigenvalue weighted by atomic mass is 16.4. The zero-order chi connectivity index (χ0) is 12.1. The number of nitrogens with zero attached hydrogens (tertiary/aromatic N) is 3. The van der Waals surface area contributed by atoms with E-state index in [2.05, 4.69) is 30.2 Å². The van der Waals surface area contributed by atoms with Gasteiger partial charge in [0.15, 0.2) is 0 Å². The van der Waals surface area contributed by atoms with Gasteiger partial charge in [0.2, 0.25) is 0 Å². The maximum absolute atomic E-state index is 8.59. The third kappa shape index (κ3) is 2.74. The topological polar surface area (TPSA) is 76.4 Å². The van der Waals surface area contributed by atoms with E-state index in [9.17, 15) is 0 Å². The van der Waals surface area contributed by atoms with Crippen LogP contribution in [-0.2, 0) is 19.4 Å². The van der Waals surface area contributed by atoms with Crippen LogP contribution in [0, 0.1) is 5.92 Å². The molecule has 5 nitrogen and oxygen atoms in total. The fraction of sp³-hybridized carbons (Fsp3) is 0.636. The highest BCUT2D eigenvalue weighted by Crippen LogP contribution is 2.09. The Labute approximate surface area is 95.9 Å². The first-order chi connectivity index (χ1) is 7.62. The molecule has 0 saturated heterocycles. The van der Waals surface area contributed by atoms with E-state index in [-0.39, 0.29) is 11.8 Å². The van der Waals surface area contributed by atoms with Crippen molar-refractivity contribution in [1.29, 1.82) is 0 Å². The van der Waals surface area contributed by atoms with E-state index in [0.717, 1.165) is 18.5 Å². The molecule has 1 unspecified atom stereocenters. The minimum atomic E-state index is -0.0140. The van der Waals surface area contributed by atoms with Crippen LogP contribution >= 0.6 is 0 Å². The number of oxime groups is 1. The average molecular weight is 224 g/mol. The standard InChI is InChI=1S/C11H20N4O/c1-4-9-6-10(5-2)15(13-9)7-8(3)11(12)14-16/h6,8,16H,4-5,7H2,1-3H3,(H2,12,14). The molecule has 0 spiro atoms. The van der Waals surface area contributed by atoms with Crippen LogP contribution in [0.5, 0.6) is 0 Å². The van der Waals surface area contributed by atoms with Gasteiger partial charge in [0, 0.05) is 11.6 Å². The van der Waals surface area contributed by atoms with E-state index in [4.69, 9.17) is 10.9 Å². The van der Waals surface area contributed by atoms with Crippen molar-refractivity contribution in [3.05, 3.63) is 17.5 Å².